The number of rotatable bonds is 1. The predicted molar refractivity (Wildman–Crippen MR) is 49.2 cm³/mol. The maximum absolute atomic E-state index is 4.26. The number of anilines is 1. The Balaban J connectivity index is 2.76. The Hall–Kier alpha value is -1.09. The van der Waals surface area contributed by atoms with Crippen molar-refractivity contribution in [1.82, 2.24) is 4.98 Å². The van der Waals surface area contributed by atoms with E-state index in [1.165, 1.54) is 4.70 Å². The molecule has 2 heterocycles. The normalized spacial score (nSPS) is 10.3. The summed E-state index contributed by atoms with van der Waals surface area (Å²) in [5, 5.41) is 5.18. The van der Waals surface area contributed by atoms with Crippen LogP contribution < -0.4 is 5.32 Å². The molecule has 0 atom stereocenters. The molecule has 11 heavy (non-hydrogen) atoms. The van der Waals surface area contributed by atoms with Crippen LogP contribution in [-0.4, -0.2) is 12.0 Å². The number of nitrogens with one attached hydrogen (secondary N) is 1. The number of hydrogen-bond donors (Lipinski definition) is 1. The summed E-state index contributed by atoms with van der Waals surface area (Å²) in [5.74, 6) is 0. The molecule has 2 nitrogen and oxygen atoms in total. The van der Waals surface area contributed by atoms with Crippen LogP contribution in [0.15, 0.2) is 23.7 Å². The van der Waals surface area contributed by atoms with E-state index in [-0.39, 0.29) is 0 Å². The van der Waals surface area contributed by atoms with Gasteiger partial charge in [0.25, 0.3) is 0 Å². The number of pyridine rings is 1. The van der Waals surface area contributed by atoms with Crippen molar-refractivity contribution in [2.75, 3.05) is 12.4 Å². The fraction of sp³-hybridized carbons (Fsp3) is 0.125. The van der Waals surface area contributed by atoms with E-state index in [0.29, 0.717) is 0 Å². The van der Waals surface area contributed by atoms with Crippen molar-refractivity contribution < 1.29 is 0 Å². The van der Waals surface area contributed by atoms with Gasteiger partial charge in [-0.15, -0.1) is 11.3 Å². The Morgan fingerprint density at radius 2 is 2.45 bits per heavy atom. The fourth-order valence-electron chi connectivity index (χ4n) is 1.04. The van der Waals surface area contributed by atoms with Crippen LogP contribution >= 0.6 is 11.3 Å². The van der Waals surface area contributed by atoms with E-state index >= 15 is 0 Å². The molecule has 0 fully saturated rings. The van der Waals surface area contributed by atoms with Gasteiger partial charge in [-0.25, -0.2) is 0 Å². The number of nitrogens with zero attached hydrogens (tertiary/aromatic N) is 1. The van der Waals surface area contributed by atoms with Crippen molar-refractivity contribution in [3.63, 3.8) is 0 Å². The van der Waals surface area contributed by atoms with Crippen molar-refractivity contribution in [3.8, 4) is 0 Å². The highest BCUT2D eigenvalue weighted by molar-refractivity contribution is 7.17. The summed E-state index contributed by atoms with van der Waals surface area (Å²) in [6.07, 6.45) is 1.82. The molecule has 2 rings (SSSR count). The van der Waals surface area contributed by atoms with Gasteiger partial charge in [-0.05, 0) is 12.1 Å². The lowest BCUT2D eigenvalue weighted by molar-refractivity contribution is 1.41. The van der Waals surface area contributed by atoms with Crippen LogP contribution in [0.1, 0.15) is 0 Å². The largest absolute Gasteiger partial charge is 0.386 e. The third-order valence-electron chi connectivity index (χ3n) is 1.60. The Bertz CT molecular complexity index is 367. The maximum atomic E-state index is 4.26. The van der Waals surface area contributed by atoms with Crippen molar-refractivity contribution in [2.24, 2.45) is 0 Å². The molecule has 1 N–H and O–H groups in total. The zero-order valence-corrected chi connectivity index (χ0v) is 6.98. The van der Waals surface area contributed by atoms with Crippen LogP contribution in [0.3, 0.4) is 0 Å². The smallest absolute Gasteiger partial charge is 0.104 e. The molecule has 2 aromatic heterocycles. The van der Waals surface area contributed by atoms with Crippen LogP contribution in [-0.2, 0) is 0 Å². The van der Waals surface area contributed by atoms with Crippen molar-refractivity contribution in [1.29, 1.82) is 0 Å². The van der Waals surface area contributed by atoms with Crippen LogP contribution in [0.5, 0.6) is 0 Å². The molecule has 0 amide bonds. The second-order valence-electron chi connectivity index (χ2n) is 2.25. The zero-order chi connectivity index (χ0) is 7.68. The first kappa shape index (κ1) is 6.61. The average Bonchev–Trinajstić information content (AvgIpc) is 2.47. The number of thiophene rings is 1. The summed E-state index contributed by atoms with van der Waals surface area (Å²) < 4.78 is 1.23. The number of aromatic nitrogens is 1. The van der Waals surface area contributed by atoms with Crippen LogP contribution in [0.25, 0.3) is 10.2 Å². The van der Waals surface area contributed by atoms with Gasteiger partial charge >= 0.3 is 0 Å². The summed E-state index contributed by atoms with van der Waals surface area (Å²) in [4.78, 5) is 4.26. The van der Waals surface area contributed by atoms with Gasteiger partial charge in [0, 0.05) is 18.6 Å². The minimum absolute atomic E-state index is 1.07. The van der Waals surface area contributed by atoms with E-state index in [1.807, 2.05) is 19.3 Å². The van der Waals surface area contributed by atoms with Gasteiger partial charge in [-0.3, -0.25) is 4.98 Å². The summed E-state index contributed by atoms with van der Waals surface area (Å²) in [5.41, 5.74) is 2.19. The minimum atomic E-state index is 1.07. The molecular formula is C8H8N2S. The molecule has 0 saturated heterocycles. The van der Waals surface area contributed by atoms with Gasteiger partial charge in [0.2, 0.25) is 0 Å². The highest BCUT2D eigenvalue weighted by Gasteiger charge is 2.00. The molecule has 0 aliphatic carbocycles. The highest BCUT2D eigenvalue weighted by atomic mass is 32.1. The fourth-order valence-corrected chi connectivity index (χ4v) is 1.95. The maximum Gasteiger partial charge on any atom is 0.104 e. The average molecular weight is 164 g/mol. The standard InChI is InChI=1S/C8H8N2S/c1-9-6-5-11-7-3-2-4-10-8(6)7/h2-5,9H,1H3. The summed E-state index contributed by atoms with van der Waals surface area (Å²) in [6, 6.07) is 4.03. The van der Waals surface area contributed by atoms with Crippen LogP contribution in [0.2, 0.25) is 0 Å². The van der Waals surface area contributed by atoms with Crippen molar-refractivity contribution in [3.05, 3.63) is 23.7 Å². The van der Waals surface area contributed by atoms with E-state index in [9.17, 15) is 0 Å². The zero-order valence-electron chi connectivity index (χ0n) is 6.16. The Morgan fingerprint density at radius 1 is 1.55 bits per heavy atom. The van der Waals surface area contributed by atoms with E-state index < -0.39 is 0 Å². The van der Waals surface area contributed by atoms with Gasteiger partial charge in [0.05, 0.1) is 10.4 Å². The predicted octanol–water partition coefficient (Wildman–Crippen LogP) is 2.34. The molecule has 0 aliphatic heterocycles. The first-order valence-corrected chi connectivity index (χ1v) is 4.30. The second-order valence-corrected chi connectivity index (χ2v) is 3.16. The Labute approximate surface area is 68.9 Å². The molecule has 3 heteroatoms. The lowest BCUT2D eigenvalue weighted by Gasteiger charge is -1.93. The molecule has 2 aromatic rings. The van der Waals surface area contributed by atoms with Gasteiger partial charge in [-0.2, -0.15) is 0 Å². The first-order chi connectivity index (χ1) is 5.42. The topological polar surface area (TPSA) is 24.9 Å². The van der Waals surface area contributed by atoms with Gasteiger partial charge in [0.15, 0.2) is 0 Å². The molecule has 56 valence electrons. The van der Waals surface area contributed by atoms with Gasteiger partial charge in [-0.1, -0.05) is 0 Å². The summed E-state index contributed by atoms with van der Waals surface area (Å²) in [6.45, 7) is 0. The summed E-state index contributed by atoms with van der Waals surface area (Å²) >= 11 is 1.71. The molecule has 0 bridgehead atoms. The lowest BCUT2D eigenvalue weighted by atomic mass is 10.4. The first-order valence-electron chi connectivity index (χ1n) is 3.42. The minimum Gasteiger partial charge on any atom is -0.386 e. The third-order valence-corrected chi connectivity index (χ3v) is 2.54. The Kier molecular flexibility index (Phi) is 1.51. The number of hydrogen-bond acceptors (Lipinski definition) is 3. The van der Waals surface area contributed by atoms with Crippen molar-refractivity contribution >= 4 is 27.2 Å². The van der Waals surface area contributed by atoms with Crippen LogP contribution in [0.4, 0.5) is 5.69 Å². The van der Waals surface area contributed by atoms with Gasteiger partial charge < -0.3 is 5.32 Å². The van der Waals surface area contributed by atoms with Crippen LogP contribution in [0, 0.1) is 0 Å². The quantitative estimate of drug-likeness (QED) is 0.699. The Morgan fingerprint density at radius 3 is 3.27 bits per heavy atom. The monoisotopic (exact) mass is 164 g/mol. The second kappa shape index (κ2) is 2.51. The lowest BCUT2D eigenvalue weighted by Crippen LogP contribution is -1.85. The third kappa shape index (κ3) is 0.973. The summed E-state index contributed by atoms with van der Waals surface area (Å²) in [7, 11) is 1.91. The highest BCUT2D eigenvalue weighted by Crippen LogP contribution is 2.26. The molecular weight excluding hydrogens is 156 g/mol. The van der Waals surface area contributed by atoms with Crippen molar-refractivity contribution in [2.45, 2.75) is 0 Å². The molecule has 0 unspecified atom stereocenters. The van der Waals surface area contributed by atoms with E-state index in [0.717, 1.165) is 11.2 Å². The molecule has 0 saturated carbocycles. The molecule has 0 aliphatic rings. The van der Waals surface area contributed by atoms with E-state index in [1.54, 1.807) is 11.3 Å². The van der Waals surface area contributed by atoms with E-state index in [4.69, 9.17) is 0 Å². The molecule has 0 aromatic carbocycles. The molecule has 0 radical (unpaired) electrons. The molecule has 0 spiro atoms. The van der Waals surface area contributed by atoms with Gasteiger partial charge in [0.1, 0.15) is 5.52 Å². The number of fused-ring (bicyclic) bond motifs is 1. The SMILES string of the molecule is CNc1csc2cccnc12. The van der Waals surface area contributed by atoms with E-state index in [2.05, 4.69) is 21.7 Å².